The predicted octanol–water partition coefficient (Wildman–Crippen LogP) is 2.24. The summed E-state index contributed by atoms with van der Waals surface area (Å²) in [6, 6.07) is 4.51. The van der Waals surface area contributed by atoms with E-state index in [1.54, 1.807) is 6.07 Å². The predicted molar refractivity (Wildman–Crippen MR) is 52.1 cm³/mol. The molecule has 0 aromatic heterocycles. The Morgan fingerprint density at radius 2 is 2.29 bits per heavy atom. The molecule has 72 valence electrons. The fourth-order valence-corrected chi connectivity index (χ4v) is 1.41. The maximum absolute atomic E-state index is 10.6. The topological polar surface area (TPSA) is 76.2 Å². The number of hydrogen-bond acceptors (Lipinski definition) is 4. The molecule has 0 unspecified atom stereocenters. The standard InChI is InChI=1S/C8H5BrN2O3/c1-14-8-3-5(9)2-7(11(12)13)6(8)4-10/h2-3H,1H3. The van der Waals surface area contributed by atoms with Gasteiger partial charge in [0.05, 0.1) is 12.0 Å². The van der Waals surface area contributed by atoms with E-state index in [2.05, 4.69) is 15.9 Å². The zero-order valence-electron chi connectivity index (χ0n) is 7.15. The Bertz CT molecular complexity index is 425. The smallest absolute Gasteiger partial charge is 0.292 e. The molecule has 1 rings (SSSR count). The Kier molecular flexibility index (Phi) is 3.04. The molecule has 1 aromatic carbocycles. The van der Waals surface area contributed by atoms with Gasteiger partial charge in [-0.25, -0.2) is 0 Å². The van der Waals surface area contributed by atoms with Gasteiger partial charge in [0.2, 0.25) is 0 Å². The Morgan fingerprint density at radius 1 is 1.64 bits per heavy atom. The largest absolute Gasteiger partial charge is 0.495 e. The molecule has 0 saturated heterocycles. The van der Waals surface area contributed by atoms with Gasteiger partial charge < -0.3 is 4.74 Å². The maximum atomic E-state index is 10.6. The van der Waals surface area contributed by atoms with Crippen molar-refractivity contribution < 1.29 is 9.66 Å². The minimum Gasteiger partial charge on any atom is -0.495 e. The number of methoxy groups -OCH3 is 1. The lowest BCUT2D eigenvalue weighted by atomic mass is 10.2. The number of rotatable bonds is 2. The summed E-state index contributed by atoms with van der Waals surface area (Å²) in [6.07, 6.45) is 0. The van der Waals surface area contributed by atoms with Gasteiger partial charge in [-0.3, -0.25) is 10.1 Å². The highest BCUT2D eigenvalue weighted by Crippen LogP contribution is 2.31. The summed E-state index contributed by atoms with van der Waals surface area (Å²) in [7, 11) is 1.35. The van der Waals surface area contributed by atoms with Crippen LogP contribution in [0.4, 0.5) is 5.69 Å². The van der Waals surface area contributed by atoms with Crippen LogP contribution in [0.2, 0.25) is 0 Å². The summed E-state index contributed by atoms with van der Waals surface area (Å²) in [5, 5.41) is 19.3. The van der Waals surface area contributed by atoms with Crippen LogP contribution in [0.5, 0.6) is 5.75 Å². The summed E-state index contributed by atoms with van der Waals surface area (Å²) in [4.78, 5) is 9.96. The second-order valence-electron chi connectivity index (χ2n) is 2.37. The van der Waals surface area contributed by atoms with Crippen LogP contribution in [0.25, 0.3) is 0 Å². The molecule has 0 aliphatic rings. The fourth-order valence-electron chi connectivity index (χ4n) is 0.985. The summed E-state index contributed by atoms with van der Waals surface area (Å²) < 4.78 is 5.35. The van der Waals surface area contributed by atoms with Crippen molar-refractivity contribution in [1.82, 2.24) is 0 Å². The van der Waals surface area contributed by atoms with Crippen LogP contribution in [0.3, 0.4) is 0 Å². The van der Waals surface area contributed by atoms with E-state index in [9.17, 15) is 10.1 Å². The van der Waals surface area contributed by atoms with Crippen LogP contribution >= 0.6 is 15.9 Å². The number of nitriles is 1. The van der Waals surface area contributed by atoms with Gasteiger partial charge >= 0.3 is 0 Å². The molecule has 0 aliphatic carbocycles. The summed E-state index contributed by atoms with van der Waals surface area (Å²) in [6.45, 7) is 0. The Labute approximate surface area is 88.2 Å². The van der Waals surface area contributed by atoms with Gasteiger partial charge in [-0.1, -0.05) is 15.9 Å². The molecule has 0 bridgehead atoms. The van der Waals surface area contributed by atoms with Crippen molar-refractivity contribution in [3.63, 3.8) is 0 Å². The molecule has 1 aromatic rings. The number of nitrogens with zero attached hydrogens (tertiary/aromatic N) is 2. The molecule has 14 heavy (non-hydrogen) atoms. The van der Waals surface area contributed by atoms with Crippen LogP contribution < -0.4 is 4.74 Å². The van der Waals surface area contributed by atoms with E-state index in [1.165, 1.54) is 19.2 Å². The van der Waals surface area contributed by atoms with Gasteiger partial charge in [0.1, 0.15) is 11.8 Å². The third-order valence-corrected chi connectivity index (χ3v) is 2.03. The first-order valence-corrected chi connectivity index (χ1v) is 4.31. The number of benzene rings is 1. The zero-order chi connectivity index (χ0) is 10.7. The van der Waals surface area contributed by atoms with Crippen LogP contribution in [-0.4, -0.2) is 12.0 Å². The van der Waals surface area contributed by atoms with Gasteiger partial charge in [-0.15, -0.1) is 0 Å². The van der Waals surface area contributed by atoms with E-state index < -0.39 is 4.92 Å². The van der Waals surface area contributed by atoms with Gasteiger partial charge in [0, 0.05) is 10.5 Å². The molecule has 0 spiro atoms. The Morgan fingerprint density at radius 3 is 2.71 bits per heavy atom. The van der Waals surface area contributed by atoms with Gasteiger partial charge in [0.25, 0.3) is 5.69 Å². The first-order chi connectivity index (χ1) is 6.60. The Hall–Kier alpha value is -1.61. The van der Waals surface area contributed by atoms with Crippen molar-refractivity contribution in [2.45, 2.75) is 0 Å². The van der Waals surface area contributed by atoms with Crippen molar-refractivity contribution in [3.05, 3.63) is 32.3 Å². The summed E-state index contributed by atoms with van der Waals surface area (Å²) in [5.41, 5.74) is -0.334. The second-order valence-corrected chi connectivity index (χ2v) is 3.29. The average Bonchev–Trinajstić information content (AvgIpc) is 2.16. The number of nitro benzene ring substituents is 1. The van der Waals surface area contributed by atoms with Crippen molar-refractivity contribution in [3.8, 4) is 11.8 Å². The molecule has 0 atom stereocenters. The molecule has 0 saturated carbocycles. The van der Waals surface area contributed by atoms with Crippen molar-refractivity contribution in [1.29, 1.82) is 5.26 Å². The molecule has 0 fully saturated rings. The lowest BCUT2D eigenvalue weighted by Crippen LogP contribution is -1.96. The van der Waals surface area contributed by atoms with E-state index in [-0.39, 0.29) is 17.0 Å². The van der Waals surface area contributed by atoms with Crippen molar-refractivity contribution >= 4 is 21.6 Å². The fraction of sp³-hybridized carbons (Fsp3) is 0.125. The monoisotopic (exact) mass is 256 g/mol. The Balaban J connectivity index is 3.49. The third kappa shape index (κ3) is 1.83. The maximum Gasteiger partial charge on any atom is 0.292 e. The van der Waals surface area contributed by atoms with Crippen LogP contribution in [0.1, 0.15) is 5.56 Å². The van der Waals surface area contributed by atoms with E-state index in [0.717, 1.165) is 0 Å². The minimum atomic E-state index is -0.619. The zero-order valence-corrected chi connectivity index (χ0v) is 8.74. The van der Waals surface area contributed by atoms with E-state index in [0.29, 0.717) is 4.47 Å². The quantitative estimate of drug-likeness (QED) is 0.601. The molecule has 5 nitrogen and oxygen atoms in total. The second kappa shape index (κ2) is 4.07. The molecule has 0 aliphatic heterocycles. The van der Waals surface area contributed by atoms with E-state index in [1.807, 2.05) is 0 Å². The molecular weight excluding hydrogens is 252 g/mol. The average molecular weight is 257 g/mol. The van der Waals surface area contributed by atoms with Crippen LogP contribution in [-0.2, 0) is 0 Å². The van der Waals surface area contributed by atoms with Crippen molar-refractivity contribution in [2.75, 3.05) is 7.11 Å². The highest BCUT2D eigenvalue weighted by atomic mass is 79.9. The highest BCUT2D eigenvalue weighted by Gasteiger charge is 2.19. The lowest BCUT2D eigenvalue weighted by molar-refractivity contribution is -0.385. The molecule has 0 N–H and O–H groups in total. The van der Waals surface area contributed by atoms with E-state index in [4.69, 9.17) is 10.00 Å². The van der Waals surface area contributed by atoms with Crippen LogP contribution in [0, 0.1) is 21.4 Å². The van der Waals surface area contributed by atoms with Crippen LogP contribution in [0.15, 0.2) is 16.6 Å². The summed E-state index contributed by atoms with van der Waals surface area (Å²) in [5.74, 6) is 0.188. The normalized spacial score (nSPS) is 9.21. The lowest BCUT2D eigenvalue weighted by Gasteiger charge is -2.03. The molecule has 6 heteroatoms. The van der Waals surface area contributed by atoms with Gasteiger partial charge in [-0.05, 0) is 6.07 Å². The first-order valence-electron chi connectivity index (χ1n) is 3.52. The molecule has 0 amide bonds. The SMILES string of the molecule is COc1cc(Br)cc([N+](=O)[O-])c1C#N. The minimum absolute atomic E-state index is 0.0688. The van der Waals surface area contributed by atoms with E-state index >= 15 is 0 Å². The first kappa shape index (κ1) is 10.5. The molecular formula is C8H5BrN2O3. The molecule has 0 radical (unpaired) electrons. The number of hydrogen-bond donors (Lipinski definition) is 0. The molecule has 0 heterocycles. The third-order valence-electron chi connectivity index (χ3n) is 1.57. The number of nitro groups is 1. The van der Waals surface area contributed by atoms with Crippen molar-refractivity contribution in [2.24, 2.45) is 0 Å². The highest BCUT2D eigenvalue weighted by molar-refractivity contribution is 9.10. The van der Waals surface area contributed by atoms with Gasteiger partial charge in [0.15, 0.2) is 5.56 Å². The van der Waals surface area contributed by atoms with Gasteiger partial charge in [-0.2, -0.15) is 5.26 Å². The summed E-state index contributed by atoms with van der Waals surface area (Å²) >= 11 is 3.09. The number of ether oxygens (including phenoxy) is 1. The number of halogens is 1.